The fourth-order valence-electron chi connectivity index (χ4n) is 3.35. The SMILES string of the molecule is CC(N)C1CCCN(Cc2ccc(OCc3ccccc3)cc2)C1. The van der Waals surface area contributed by atoms with Crippen molar-refractivity contribution in [2.45, 2.75) is 39.0 Å². The monoisotopic (exact) mass is 324 g/mol. The van der Waals surface area contributed by atoms with Crippen LogP contribution < -0.4 is 10.5 Å². The molecule has 1 saturated heterocycles. The van der Waals surface area contributed by atoms with Crippen molar-refractivity contribution in [1.82, 2.24) is 4.90 Å². The molecule has 0 radical (unpaired) electrons. The lowest BCUT2D eigenvalue weighted by Gasteiger charge is -2.34. The molecule has 1 fully saturated rings. The van der Waals surface area contributed by atoms with E-state index in [2.05, 4.69) is 48.2 Å². The predicted octanol–water partition coefficient (Wildman–Crippen LogP) is 3.82. The normalized spacial score (nSPS) is 19.8. The van der Waals surface area contributed by atoms with Gasteiger partial charge in [0, 0.05) is 19.1 Å². The van der Waals surface area contributed by atoms with Crippen LogP contribution in [0, 0.1) is 5.92 Å². The van der Waals surface area contributed by atoms with Crippen LogP contribution in [0.2, 0.25) is 0 Å². The smallest absolute Gasteiger partial charge is 0.119 e. The Morgan fingerprint density at radius 3 is 2.54 bits per heavy atom. The molecule has 3 heteroatoms. The fourth-order valence-corrected chi connectivity index (χ4v) is 3.35. The van der Waals surface area contributed by atoms with Crippen molar-refractivity contribution in [3.8, 4) is 5.75 Å². The molecule has 128 valence electrons. The van der Waals surface area contributed by atoms with E-state index in [1.54, 1.807) is 0 Å². The van der Waals surface area contributed by atoms with E-state index in [0.717, 1.165) is 18.8 Å². The lowest BCUT2D eigenvalue weighted by molar-refractivity contribution is 0.154. The Hall–Kier alpha value is -1.84. The van der Waals surface area contributed by atoms with Gasteiger partial charge in [-0.3, -0.25) is 4.90 Å². The number of hydrogen-bond acceptors (Lipinski definition) is 3. The Morgan fingerprint density at radius 1 is 1.08 bits per heavy atom. The van der Waals surface area contributed by atoms with Crippen LogP contribution >= 0.6 is 0 Å². The maximum Gasteiger partial charge on any atom is 0.119 e. The molecule has 0 spiro atoms. The second-order valence-corrected chi connectivity index (χ2v) is 6.91. The second kappa shape index (κ2) is 8.32. The summed E-state index contributed by atoms with van der Waals surface area (Å²) >= 11 is 0. The van der Waals surface area contributed by atoms with Crippen molar-refractivity contribution in [2.75, 3.05) is 13.1 Å². The summed E-state index contributed by atoms with van der Waals surface area (Å²) in [4.78, 5) is 2.53. The van der Waals surface area contributed by atoms with Gasteiger partial charge in [-0.25, -0.2) is 0 Å². The zero-order chi connectivity index (χ0) is 16.8. The zero-order valence-electron chi connectivity index (χ0n) is 14.5. The number of nitrogens with zero attached hydrogens (tertiary/aromatic N) is 1. The van der Waals surface area contributed by atoms with Gasteiger partial charge in [0.25, 0.3) is 0 Å². The van der Waals surface area contributed by atoms with Gasteiger partial charge in [-0.1, -0.05) is 42.5 Å². The van der Waals surface area contributed by atoms with Crippen LogP contribution in [0.25, 0.3) is 0 Å². The molecule has 1 aliphatic heterocycles. The Kier molecular flexibility index (Phi) is 5.89. The molecule has 2 unspecified atom stereocenters. The average molecular weight is 324 g/mol. The summed E-state index contributed by atoms with van der Waals surface area (Å²) in [5.74, 6) is 1.56. The Labute approximate surface area is 145 Å². The van der Waals surface area contributed by atoms with Crippen molar-refractivity contribution in [1.29, 1.82) is 0 Å². The molecule has 2 aromatic carbocycles. The van der Waals surface area contributed by atoms with Crippen LogP contribution in [-0.2, 0) is 13.2 Å². The Morgan fingerprint density at radius 2 is 1.83 bits per heavy atom. The lowest BCUT2D eigenvalue weighted by Crippen LogP contribution is -2.41. The van der Waals surface area contributed by atoms with Crippen LogP contribution in [0.1, 0.15) is 30.9 Å². The molecule has 2 atom stereocenters. The highest BCUT2D eigenvalue weighted by molar-refractivity contribution is 5.27. The third-order valence-corrected chi connectivity index (χ3v) is 4.86. The number of rotatable bonds is 6. The molecule has 1 heterocycles. The van der Waals surface area contributed by atoms with Crippen molar-refractivity contribution in [3.63, 3.8) is 0 Å². The third kappa shape index (κ3) is 4.83. The standard InChI is InChI=1S/C21H28N2O/c1-17(22)20-8-5-13-23(15-20)14-18-9-11-21(12-10-18)24-16-19-6-3-2-4-7-19/h2-4,6-7,9-12,17,20H,5,8,13-16,22H2,1H3. The molecule has 0 amide bonds. The molecule has 2 aromatic rings. The third-order valence-electron chi connectivity index (χ3n) is 4.86. The minimum atomic E-state index is 0.293. The minimum absolute atomic E-state index is 0.293. The minimum Gasteiger partial charge on any atom is -0.489 e. The van der Waals surface area contributed by atoms with E-state index in [1.165, 1.54) is 30.5 Å². The van der Waals surface area contributed by atoms with Gasteiger partial charge >= 0.3 is 0 Å². The number of nitrogens with two attached hydrogens (primary N) is 1. The molecule has 0 saturated carbocycles. The van der Waals surface area contributed by atoms with E-state index in [-0.39, 0.29) is 0 Å². The second-order valence-electron chi connectivity index (χ2n) is 6.91. The van der Waals surface area contributed by atoms with E-state index < -0.39 is 0 Å². The quantitative estimate of drug-likeness (QED) is 0.878. The molecule has 0 aromatic heterocycles. The van der Waals surface area contributed by atoms with Crippen molar-refractivity contribution in [2.24, 2.45) is 11.7 Å². The predicted molar refractivity (Wildman–Crippen MR) is 98.9 cm³/mol. The molecule has 0 bridgehead atoms. The van der Waals surface area contributed by atoms with E-state index in [4.69, 9.17) is 10.5 Å². The van der Waals surface area contributed by atoms with Crippen molar-refractivity contribution in [3.05, 3.63) is 65.7 Å². The van der Waals surface area contributed by atoms with Gasteiger partial charge in [0.2, 0.25) is 0 Å². The molecule has 3 nitrogen and oxygen atoms in total. The van der Waals surface area contributed by atoms with Crippen LogP contribution in [0.3, 0.4) is 0 Å². The summed E-state index contributed by atoms with van der Waals surface area (Å²) in [6.07, 6.45) is 2.52. The highest BCUT2D eigenvalue weighted by Gasteiger charge is 2.22. The molecule has 24 heavy (non-hydrogen) atoms. The Bertz CT molecular complexity index is 609. The summed E-state index contributed by atoms with van der Waals surface area (Å²) in [7, 11) is 0. The first-order chi connectivity index (χ1) is 11.7. The molecule has 3 rings (SSSR count). The maximum atomic E-state index is 6.08. The van der Waals surface area contributed by atoms with Gasteiger partial charge in [-0.05, 0) is 55.5 Å². The van der Waals surface area contributed by atoms with E-state index >= 15 is 0 Å². The van der Waals surface area contributed by atoms with Crippen LogP contribution in [0.4, 0.5) is 0 Å². The largest absolute Gasteiger partial charge is 0.489 e. The number of ether oxygens (including phenoxy) is 1. The topological polar surface area (TPSA) is 38.5 Å². The summed E-state index contributed by atoms with van der Waals surface area (Å²) in [6.45, 7) is 6.04. The summed E-state index contributed by atoms with van der Waals surface area (Å²) in [5.41, 5.74) is 8.61. The summed E-state index contributed by atoms with van der Waals surface area (Å²) in [5, 5.41) is 0. The number of piperidine rings is 1. The van der Waals surface area contributed by atoms with Gasteiger partial charge in [-0.2, -0.15) is 0 Å². The first-order valence-corrected chi connectivity index (χ1v) is 8.94. The number of hydrogen-bond donors (Lipinski definition) is 1. The summed E-state index contributed by atoms with van der Waals surface area (Å²) < 4.78 is 5.86. The van der Waals surface area contributed by atoms with Crippen LogP contribution in [-0.4, -0.2) is 24.0 Å². The molecule has 0 aliphatic carbocycles. The first-order valence-electron chi connectivity index (χ1n) is 8.94. The van der Waals surface area contributed by atoms with Crippen LogP contribution in [0.15, 0.2) is 54.6 Å². The van der Waals surface area contributed by atoms with E-state index in [0.29, 0.717) is 18.6 Å². The average Bonchev–Trinajstić information content (AvgIpc) is 2.62. The molecular weight excluding hydrogens is 296 g/mol. The highest BCUT2D eigenvalue weighted by atomic mass is 16.5. The summed E-state index contributed by atoms with van der Waals surface area (Å²) in [6, 6.07) is 19.1. The maximum absolute atomic E-state index is 6.08. The zero-order valence-corrected chi connectivity index (χ0v) is 14.5. The Balaban J connectivity index is 1.51. The van der Waals surface area contributed by atoms with E-state index in [9.17, 15) is 0 Å². The lowest BCUT2D eigenvalue weighted by atomic mass is 9.92. The van der Waals surface area contributed by atoms with Gasteiger partial charge < -0.3 is 10.5 Å². The first kappa shape index (κ1) is 17.0. The molecular formula is C21H28N2O. The molecule has 2 N–H and O–H groups in total. The van der Waals surface area contributed by atoms with E-state index in [1.807, 2.05) is 18.2 Å². The van der Waals surface area contributed by atoms with Gasteiger partial charge in [0.05, 0.1) is 0 Å². The van der Waals surface area contributed by atoms with Crippen LogP contribution in [0.5, 0.6) is 5.75 Å². The molecule has 1 aliphatic rings. The number of likely N-dealkylation sites (tertiary alicyclic amines) is 1. The van der Waals surface area contributed by atoms with Crippen molar-refractivity contribution < 1.29 is 4.74 Å². The van der Waals surface area contributed by atoms with Gasteiger partial charge in [0.1, 0.15) is 12.4 Å². The fraction of sp³-hybridized carbons (Fsp3) is 0.429. The van der Waals surface area contributed by atoms with Crippen molar-refractivity contribution >= 4 is 0 Å². The highest BCUT2D eigenvalue weighted by Crippen LogP contribution is 2.21. The van der Waals surface area contributed by atoms with Gasteiger partial charge in [-0.15, -0.1) is 0 Å². The number of benzene rings is 2. The van der Waals surface area contributed by atoms with Gasteiger partial charge in [0.15, 0.2) is 0 Å².